The van der Waals surface area contributed by atoms with Gasteiger partial charge in [-0.25, -0.2) is 0 Å². The van der Waals surface area contributed by atoms with Crippen molar-refractivity contribution >= 4 is 17.5 Å². The molecule has 0 aliphatic carbocycles. The molecule has 0 aliphatic heterocycles. The molecule has 4 heteroatoms. The summed E-state index contributed by atoms with van der Waals surface area (Å²) in [7, 11) is 0. The summed E-state index contributed by atoms with van der Waals surface area (Å²) in [6, 6.07) is 24.6. The Labute approximate surface area is 172 Å². The number of hydrogen-bond acceptors (Lipinski definition) is 2. The van der Waals surface area contributed by atoms with E-state index in [1.807, 2.05) is 54.6 Å². The van der Waals surface area contributed by atoms with Crippen LogP contribution in [0.1, 0.15) is 51.6 Å². The number of benzene rings is 3. The fourth-order valence-corrected chi connectivity index (χ4v) is 2.99. The number of hydrogen-bond donors (Lipinski definition) is 2. The Morgan fingerprint density at radius 3 is 1.93 bits per heavy atom. The Morgan fingerprint density at radius 2 is 1.34 bits per heavy atom. The molecule has 148 valence electrons. The second-order valence-electron chi connectivity index (χ2n) is 7.30. The van der Waals surface area contributed by atoms with Crippen molar-refractivity contribution in [2.75, 3.05) is 11.9 Å². The van der Waals surface area contributed by atoms with Gasteiger partial charge in [0.05, 0.1) is 0 Å². The standard InChI is InChI=1S/C25H26N2O2/c1-18(2)20-12-14-23(15-13-20)27-25(29)22-10-8-21(9-11-22)24(28)26-17-16-19-6-4-3-5-7-19/h3-15,18H,16-17H2,1-2H3,(H,26,28)(H,27,29). The minimum Gasteiger partial charge on any atom is -0.352 e. The monoisotopic (exact) mass is 386 g/mol. The van der Waals surface area contributed by atoms with Crippen LogP contribution in [0.2, 0.25) is 0 Å². The molecule has 2 amide bonds. The minimum absolute atomic E-state index is 0.142. The highest BCUT2D eigenvalue weighted by Crippen LogP contribution is 2.18. The van der Waals surface area contributed by atoms with Crippen LogP contribution in [0, 0.1) is 0 Å². The second-order valence-corrected chi connectivity index (χ2v) is 7.30. The summed E-state index contributed by atoms with van der Waals surface area (Å²) in [5.74, 6) is 0.113. The lowest BCUT2D eigenvalue weighted by atomic mass is 10.0. The van der Waals surface area contributed by atoms with E-state index in [4.69, 9.17) is 0 Å². The van der Waals surface area contributed by atoms with Crippen LogP contribution < -0.4 is 10.6 Å². The maximum absolute atomic E-state index is 12.4. The molecule has 0 aliphatic rings. The topological polar surface area (TPSA) is 58.2 Å². The van der Waals surface area contributed by atoms with Gasteiger partial charge in [0.15, 0.2) is 0 Å². The maximum atomic E-state index is 12.4. The van der Waals surface area contributed by atoms with Crippen molar-refractivity contribution in [3.8, 4) is 0 Å². The van der Waals surface area contributed by atoms with Crippen molar-refractivity contribution in [3.63, 3.8) is 0 Å². The van der Waals surface area contributed by atoms with Crippen molar-refractivity contribution in [1.82, 2.24) is 5.32 Å². The minimum atomic E-state index is -0.196. The van der Waals surface area contributed by atoms with Crippen LogP contribution in [0.5, 0.6) is 0 Å². The van der Waals surface area contributed by atoms with Gasteiger partial charge in [0.1, 0.15) is 0 Å². The summed E-state index contributed by atoms with van der Waals surface area (Å²) in [6.45, 7) is 4.83. The van der Waals surface area contributed by atoms with E-state index >= 15 is 0 Å². The summed E-state index contributed by atoms with van der Waals surface area (Å²) < 4.78 is 0. The first-order valence-electron chi connectivity index (χ1n) is 9.86. The second kappa shape index (κ2) is 9.69. The molecule has 29 heavy (non-hydrogen) atoms. The Bertz CT molecular complexity index is 946. The third kappa shape index (κ3) is 5.79. The molecule has 0 radical (unpaired) electrons. The number of carbonyl (C=O) groups is 2. The van der Waals surface area contributed by atoms with Gasteiger partial charge in [-0.1, -0.05) is 56.3 Å². The average molecular weight is 386 g/mol. The Hall–Kier alpha value is -3.40. The van der Waals surface area contributed by atoms with E-state index in [2.05, 4.69) is 24.5 Å². The van der Waals surface area contributed by atoms with Gasteiger partial charge in [0.2, 0.25) is 0 Å². The molecule has 0 spiro atoms. The van der Waals surface area contributed by atoms with E-state index in [0.29, 0.717) is 23.6 Å². The molecule has 0 saturated carbocycles. The SMILES string of the molecule is CC(C)c1ccc(NC(=O)c2ccc(C(=O)NCCc3ccccc3)cc2)cc1. The summed E-state index contributed by atoms with van der Waals surface area (Å²) in [4.78, 5) is 24.7. The van der Waals surface area contributed by atoms with Gasteiger partial charge in [-0.3, -0.25) is 9.59 Å². The van der Waals surface area contributed by atoms with Crippen molar-refractivity contribution in [2.24, 2.45) is 0 Å². The van der Waals surface area contributed by atoms with Crippen LogP contribution in [-0.2, 0) is 6.42 Å². The van der Waals surface area contributed by atoms with Gasteiger partial charge in [-0.15, -0.1) is 0 Å². The van der Waals surface area contributed by atoms with Crippen molar-refractivity contribution in [2.45, 2.75) is 26.2 Å². The molecular weight excluding hydrogens is 360 g/mol. The van der Waals surface area contributed by atoms with Crippen LogP contribution >= 0.6 is 0 Å². The summed E-state index contributed by atoms with van der Waals surface area (Å²) in [5.41, 5.74) is 4.21. The van der Waals surface area contributed by atoms with Gasteiger partial charge in [-0.2, -0.15) is 0 Å². The zero-order valence-electron chi connectivity index (χ0n) is 16.8. The molecular formula is C25H26N2O2. The van der Waals surface area contributed by atoms with Crippen LogP contribution in [-0.4, -0.2) is 18.4 Å². The van der Waals surface area contributed by atoms with E-state index in [-0.39, 0.29) is 11.8 Å². The molecule has 3 aromatic rings. The molecule has 0 heterocycles. The van der Waals surface area contributed by atoms with Crippen LogP contribution in [0.25, 0.3) is 0 Å². The highest BCUT2D eigenvalue weighted by molar-refractivity contribution is 6.05. The first-order valence-corrected chi connectivity index (χ1v) is 9.86. The number of nitrogens with one attached hydrogen (secondary N) is 2. The summed E-state index contributed by atoms with van der Waals surface area (Å²) >= 11 is 0. The van der Waals surface area contributed by atoms with Crippen LogP contribution in [0.3, 0.4) is 0 Å². The predicted molar refractivity (Wildman–Crippen MR) is 117 cm³/mol. The molecule has 2 N–H and O–H groups in total. The molecule has 0 aromatic heterocycles. The van der Waals surface area contributed by atoms with Crippen molar-refractivity contribution < 1.29 is 9.59 Å². The summed E-state index contributed by atoms with van der Waals surface area (Å²) in [5, 5.41) is 5.80. The van der Waals surface area contributed by atoms with E-state index in [9.17, 15) is 9.59 Å². The van der Waals surface area contributed by atoms with Crippen LogP contribution in [0.4, 0.5) is 5.69 Å². The third-order valence-electron chi connectivity index (χ3n) is 4.79. The average Bonchev–Trinajstić information content (AvgIpc) is 2.75. The number of carbonyl (C=O) groups excluding carboxylic acids is 2. The van der Waals surface area contributed by atoms with Gasteiger partial charge < -0.3 is 10.6 Å². The Kier molecular flexibility index (Phi) is 6.80. The molecule has 3 aromatic carbocycles. The first kappa shape index (κ1) is 20.3. The van der Waals surface area contributed by atoms with E-state index < -0.39 is 0 Å². The van der Waals surface area contributed by atoms with Gasteiger partial charge in [-0.05, 0) is 59.9 Å². The number of amides is 2. The molecule has 4 nitrogen and oxygen atoms in total. The van der Waals surface area contributed by atoms with E-state index in [1.54, 1.807) is 24.3 Å². The Morgan fingerprint density at radius 1 is 0.759 bits per heavy atom. The third-order valence-corrected chi connectivity index (χ3v) is 4.79. The summed E-state index contributed by atoms with van der Waals surface area (Å²) in [6.07, 6.45) is 0.780. The zero-order valence-corrected chi connectivity index (χ0v) is 16.8. The highest BCUT2D eigenvalue weighted by atomic mass is 16.2. The van der Waals surface area contributed by atoms with Crippen molar-refractivity contribution in [1.29, 1.82) is 0 Å². The van der Waals surface area contributed by atoms with E-state index in [0.717, 1.165) is 12.1 Å². The quantitative estimate of drug-likeness (QED) is 0.598. The lowest BCUT2D eigenvalue weighted by Crippen LogP contribution is -2.25. The van der Waals surface area contributed by atoms with Crippen LogP contribution in [0.15, 0.2) is 78.9 Å². The lowest BCUT2D eigenvalue weighted by Gasteiger charge is -2.09. The number of anilines is 1. The first-order chi connectivity index (χ1) is 14.0. The fourth-order valence-electron chi connectivity index (χ4n) is 2.99. The maximum Gasteiger partial charge on any atom is 0.255 e. The van der Waals surface area contributed by atoms with E-state index in [1.165, 1.54) is 11.1 Å². The Balaban J connectivity index is 1.53. The lowest BCUT2D eigenvalue weighted by molar-refractivity contribution is 0.0952. The van der Waals surface area contributed by atoms with Crippen molar-refractivity contribution in [3.05, 3.63) is 101 Å². The normalized spacial score (nSPS) is 10.6. The zero-order chi connectivity index (χ0) is 20.6. The molecule has 3 rings (SSSR count). The molecule has 0 saturated heterocycles. The van der Waals surface area contributed by atoms with Gasteiger partial charge in [0, 0.05) is 23.4 Å². The smallest absolute Gasteiger partial charge is 0.255 e. The highest BCUT2D eigenvalue weighted by Gasteiger charge is 2.09. The molecule has 0 atom stereocenters. The molecule has 0 fully saturated rings. The molecule has 0 bridgehead atoms. The van der Waals surface area contributed by atoms with Gasteiger partial charge in [0.25, 0.3) is 11.8 Å². The fraction of sp³-hybridized carbons (Fsp3) is 0.200. The predicted octanol–water partition coefficient (Wildman–Crippen LogP) is 5.03. The van der Waals surface area contributed by atoms with Gasteiger partial charge >= 0.3 is 0 Å². The number of rotatable bonds is 7. The largest absolute Gasteiger partial charge is 0.352 e. The molecule has 0 unspecified atom stereocenters.